The van der Waals surface area contributed by atoms with E-state index in [9.17, 15) is 9.59 Å². The fraction of sp³-hybridized carbons (Fsp3) is 0.500. The Hall–Kier alpha value is -1.65. The standard InChI is InChI=1S/C10H14N2O3/c1-6(2)8-4-9(10(14)15)12(11-8)5-7(3)13/h4,6H,5H2,1-3H3,(H,14,15). The Balaban J connectivity index is 3.11. The summed E-state index contributed by atoms with van der Waals surface area (Å²) < 4.78 is 1.24. The summed E-state index contributed by atoms with van der Waals surface area (Å²) >= 11 is 0. The summed E-state index contributed by atoms with van der Waals surface area (Å²) in [4.78, 5) is 21.8. The van der Waals surface area contributed by atoms with Crippen molar-refractivity contribution >= 4 is 11.8 Å². The highest BCUT2D eigenvalue weighted by molar-refractivity contribution is 5.86. The lowest BCUT2D eigenvalue weighted by atomic mass is 10.1. The van der Waals surface area contributed by atoms with E-state index in [2.05, 4.69) is 5.10 Å². The monoisotopic (exact) mass is 210 g/mol. The van der Waals surface area contributed by atoms with Crippen molar-refractivity contribution in [2.24, 2.45) is 0 Å². The van der Waals surface area contributed by atoms with Crippen molar-refractivity contribution in [3.8, 4) is 0 Å². The topological polar surface area (TPSA) is 72.2 Å². The molecule has 15 heavy (non-hydrogen) atoms. The maximum Gasteiger partial charge on any atom is 0.354 e. The quantitative estimate of drug-likeness (QED) is 0.812. The summed E-state index contributed by atoms with van der Waals surface area (Å²) in [6.07, 6.45) is 0. The molecule has 0 amide bonds. The molecule has 0 saturated heterocycles. The summed E-state index contributed by atoms with van der Waals surface area (Å²) in [5, 5.41) is 13.0. The number of carbonyl (C=O) groups is 2. The number of nitrogens with zero attached hydrogens (tertiary/aromatic N) is 2. The Morgan fingerprint density at radius 2 is 2.13 bits per heavy atom. The average Bonchev–Trinajstić information content (AvgIpc) is 2.46. The first-order chi connectivity index (χ1) is 6.91. The minimum atomic E-state index is -1.06. The maximum atomic E-state index is 10.9. The van der Waals surface area contributed by atoms with Gasteiger partial charge in [-0.2, -0.15) is 5.10 Å². The summed E-state index contributed by atoms with van der Waals surface area (Å²) in [5.74, 6) is -1.03. The minimum Gasteiger partial charge on any atom is -0.477 e. The molecule has 0 spiro atoms. The molecule has 0 saturated carbocycles. The molecule has 0 atom stereocenters. The molecule has 0 aliphatic heterocycles. The number of carboxylic acids is 1. The molecule has 1 N–H and O–H groups in total. The van der Waals surface area contributed by atoms with Gasteiger partial charge in [-0.3, -0.25) is 9.48 Å². The Labute approximate surface area is 87.7 Å². The van der Waals surface area contributed by atoms with E-state index in [1.165, 1.54) is 17.7 Å². The van der Waals surface area contributed by atoms with Crippen LogP contribution in [-0.2, 0) is 11.3 Å². The lowest BCUT2D eigenvalue weighted by Gasteiger charge is -2.00. The average molecular weight is 210 g/mol. The van der Waals surface area contributed by atoms with Gasteiger partial charge in [0.05, 0.1) is 5.69 Å². The van der Waals surface area contributed by atoms with Crippen LogP contribution in [-0.4, -0.2) is 26.6 Å². The van der Waals surface area contributed by atoms with Gasteiger partial charge in [-0.05, 0) is 18.9 Å². The molecule has 0 aliphatic carbocycles. The van der Waals surface area contributed by atoms with Crippen LogP contribution in [0.25, 0.3) is 0 Å². The highest BCUT2D eigenvalue weighted by Crippen LogP contribution is 2.14. The van der Waals surface area contributed by atoms with Gasteiger partial charge in [0.15, 0.2) is 5.78 Å². The summed E-state index contributed by atoms with van der Waals surface area (Å²) in [6.45, 7) is 5.26. The van der Waals surface area contributed by atoms with Crippen molar-refractivity contribution in [1.29, 1.82) is 0 Å². The van der Waals surface area contributed by atoms with Crippen LogP contribution < -0.4 is 0 Å². The minimum absolute atomic E-state index is 0.00829. The predicted molar refractivity (Wildman–Crippen MR) is 54.0 cm³/mol. The van der Waals surface area contributed by atoms with Crippen LogP contribution in [0.5, 0.6) is 0 Å². The van der Waals surface area contributed by atoms with Gasteiger partial charge in [0.25, 0.3) is 0 Å². The highest BCUT2D eigenvalue weighted by atomic mass is 16.4. The lowest BCUT2D eigenvalue weighted by molar-refractivity contribution is -0.117. The first kappa shape index (κ1) is 11.4. The number of rotatable bonds is 4. The number of aromatic carboxylic acids is 1. The Morgan fingerprint density at radius 3 is 2.53 bits per heavy atom. The number of aromatic nitrogens is 2. The smallest absolute Gasteiger partial charge is 0.354 e. The normalized spacial score (nSPS) is 10.7. The molecule has 5 nitrogen and oxygen atoms in total. The number of carboxylic acid groups (broad SMARTS) is 1. The van der Waals surface area contributed by atoms with Gasteiger partial charge in [-0.15, -0.1) is 0 Å². The van der Waals surface area contributed by atoms with Crippen LogP contribution in [0.2, 0.25) is 0 Å². The molecule has 82 valence electrons. The van der Waals surface area contributed by atoms with E-state index in [1.807, 2.05) is 13.8 Å². The van der Waals surface area contributed by atoms with Crippen LogP contribution in [0.1, 0.15) is 42.9 Å². The van der Waals surface area contributed by atoms with E-state index in [-0.39, 0.29) is 23.9 Å². The second kappa shape index (κ2) is 4.25. The van der Waals surface area contributed by atoms with E-state index in [1.54, 1.807) is 0 Å². The third-order valence-corrected chi connectivity index (χ3v) is 1.98. The molecule has 1 aromatic rings. The molecule has 0 unspecified atom stereocenters. The number of Topliss-reactive ketones (excluding diaryl/α,β-unsaturated/α-hetero) is 1. The molecule has 0 fully saturated rings. The first-order valence-corrected chi connectivity index (χ1v) is 4.72. The zero-order chi connectivity index (χ0) is 11.6. The highest BCUT2D eigenvalue weighted by Gasteiger charge is 2.16. The molecule has 1 heterocycles. The second-order valence-corrected chi connectivity index (χ2v) is 3.77. The van der Waals surface area contributed by atoms with Gasteiger partial charge < -0.3 is 5.11 Å². The zero-order valence-corrected chi connectivity index (χ0v) is 9.02. The molecule has 0 aromatic carbocycles. The first-order valence-electron chi connectivity index (χ1n) is 4.72. The third-order valence-electron chi connectivity index (χ3n) is 1.98. The maximum absolute atomic E-state index is 10.9. The zero-order valence-electron chi connectivity index (χ0n) is 9.02. The SMILES string of the molecule is CC(=O)Cn1nc(C(C)C)cc1C(=O)O. The van der Waals surface area contributed by atoms with E-state index in [4.69, 9.17) is 5.11 Å². The van der Waals surface area contributed by atoms with Crippen molar-refractivity contribution in [3.05, 3.63) is 17.5 Å². The second-order valence-electron chi connectivity index (χ2n) is 3.77. The largest absolute Gasteiger partial charge is 0.477 e. The Kier molecular flexibility index (Phi) is 3.24. The Morgan fingerprint density at radius 1 is 1.53 bits per heavy atom. The predicted octanol–water partition coefficient (Wildman–Crippen LogP) is 1.29. The van der Waals surface area contributed by atoms with Gasteiger partial charge in [0, 0.05) is 0 Å². The fourth-order valence-corrected chi connectivity index (χ4v) is 1.22. The van der Waals surface area contributed by atoms with Crippen LogP contribution in [0.3, 0.4) is 0 Å². The van der Waals surface area contributed by atoms with Crippen molar-refractivity contribution < 1.29 is 14.7 Å². The van der Waals surface area contributed by atoms with Crippen LogP contribution in [0, 0.1) is 0 Å². The van der Waals surface area contributed by atoms with Gasteiger partial charge >= 0.3 is 5.97 Å². The van der Waals surface area contributed by atoms with E-state index in [0.717, 1.165) is 0 Å². The van der Waals surface area contributed by atoms with Crippen molar-refractivity contribution in [2.45, 2.75) is 33.2 Å². The van der Waals surface area contributed by atoms with E-state index >= 15 is 0 Å². The number of hydrogen-bond acceptors (Lipinski definition) is 3. The van der Waals surface area contributed by atoms with E-state index in [0.29, 0.717) is 5.69 Å². The molecular formula is C10H14N2O3. The van der Waals surface area contributed by atoms with E-state index < -0.39 is 5.97 Å². The van der Waals surface area contributed by atoms with Crippen molar-refractivity contribution in [2.75, 3.05) is 0 Å². The Bertz CT molecular complexity index is 393. The van der Waals surface area contributed by atoms with Gasteiger partial charge in [0.2, 0.25) is 0 Å². The number of hydrogen-bond donors (Lipinski definition) is 1. The number of ketones is 1. The molecular weight excluding hydrogens is 196 g/mol. The summed E-state index contributed by atoms with van der Waals surface area (Å²) in [6, 6.07) is 1.51. The van der Waals surface area contributed by atoms with Gasteiger partial charge in [0.1, 0.15) is 12.2 Å². The fourth-order valence-electron chi connectivity index (χ4n) is 1.22. The molecule has 1 rings (SSSR count). The van der Waals surface area contributed by atoms with Crippen LogP contribution in [0.15, 0.2) is 6.07 Å². The lowest BCUT2D eigenvalue weighted by Crippen LogP contribution is -2.14. The molecule has 0 aliphatic rings. The summed E-state index contributed by atoms with van der Waals surface area (Å²) in [7, 11) is 0. The number of carbonyl (C=O) groups excluding carboxylic acids is 1. The van der Waals surface area contributed by atoms with Gasteiger partial charge in [-0.1, -0.05) is 13.8 Å². The van der Waals surface area contributed by atoms with Crippen molar-refractivity contribution in [3.63, 3.8) is 0 Å². The third kappa shape index (κ3) is 2.65. The van der Waals surface area contributed by atoms with Gasteiger partial charge in [-0.25, -0.2) is 4.79 Å². The molecule has 5 heteroatoms. The van der Waals surface area contributed by atoms with Crippen molar-refractivity contribution in [1.82, 2.24) is 9.78 Å². The van der Waals surface area contributed by atoms with Crippen LogP contribution >= 0.6 is 0 Å². The molecule has 1 aromatic heterocycles. The summed E-state index contributed by atoms with van der Waals surface area (Å²) in [5.41, 5.74) is 0.752. The molecule has 0 radical (unpaired) electrons. The molecule has 0 bridgehead atoms. The van der Waals surface area contributed by atoms with Crippen LogP contribution in [0.4, 0.5) is 0 Å².